The van der Waals surface area contributed by atoms with Crippen LogP contribution in [0, 0.1) is 11.0 Å². The van der Waals surface area contributed by atoms with E-state index in [0.29, 0.717) is 11.5 Å². The zero-order chi connectivity index (χ0) is 13.1. The largest absolute Gasteiger partial charge is 0.595 e. The summed E-state index contributed by atoms with van der Waals surface area (Å²) in [7, 11) is 0. The van der Waals surface area contributed by atoms with Crippen LogP contribution in [0.3, 0.4) is 0 Å². The minimum Gasteiger partial charge on any atom is -0.595 e. The Balaban J connectivity index is 2.25. The lowest BCUT2D eigenvalue weighted by Gasteiger charge is -2.13. The van der Waals surface area contributed by atoms with Crippen molar-refractivity contribution in [1.82, 2.24) is 4.98 Å². The second-order valence-corrected chi connectivity index (χ2v) is 3.89. The van der Waals surface area contributed by atoms with Crippen LogP contribution >= 0.6 is 11.6 Å². The maximum Gasteiger partial charge on any atom is 0.169 e. The van der Waals surface area contributed by atoms with Gasteiger partial charge in [0, 0.05) is 18.3 Å². The number of pyridine rings is 1. The van der Waals surface area contributed by atoms with Crippen LogP contribution in [0.2, 0.25) is 5.02 Å². The molecular formula is C11H9ClFN3O2. The molecule has 0 aliphatic heterocycles. The lowest BCUT2D eigenvalue weighted by atomic mass is 10.3. The molecule has 2 rings (SSSR count). The van der Waals surface area contributed by atoms with Crippen LogP contribution in [0.4, 0.5) is 21.6 Å². The molecule has 0 radical (unpaired) electrons. The molecule has 0 spiro atoms. The number of rotatable bonds is 3. The molecule has 7 heteroatoms. The summed E-state index contributed by atoms with van der Waals surface area (Å²) in [4.78, 5) is 3.95. The summed E-state index contributed by atoms with van der Waals surface area (Å²) < 4.78 is 12.9. The highest BCUT2D eigenvalue weighted by Gasteiger charge is 2.06. The third-order valence-electron chi connectivity index (χ3n) is 2.20. The highest BCUT2D eigenvalue weighted by Crippen LogP contribution is 2.25. The lowest BCUT2D eigenvalue weighted by Crippen LogP contribution is -2.99. The summed E-state index contributed by atoms with van der Waals surface area (Å²) in [5.74, 6) is -0.124. The molecular weight excluding hydrogens is 261 g/mol. The van der Waals surface area contributed by atoms with Crippen LogP contribution < -0.4 is 10.5 Å². The van der Waals surface area contributed by atoms with Crippen molar-refractivity contribution in [2.45, 2.75) is 0 Å². The predicted octanol–water partition coefficient (Wildman–Crippen LogP) is 2.02. The minimum absolute atomic E-state index is 0.103. The van der Waals surface area contributed by atoms with Gasteiger partial charge in [-0.3, -0.25) is 0 Å². The van der Waals surface area contributed by atoms with Gasteiger partial charge in [-0.25, -0.2) is 14.6 Å². The van der Waals surface area contributed by atoms with Crippen LogP contribution in [0.5, 0.6) is 0 Å². The normalized spacial score (nSPS) is 12.2. The molecule has 5 nitrogen and oxygen atoms in total. The Kier molecular flexibility index (Phi) is 3.73. The minimum atomic E-state index is -1.05. The Hall–Kier alpha value is -1.73. The van der Waals surface area contributed by atoms with Crippen molar-refractivity contribution in [3.63, 3.8) is 0 Å². The first kappa shape index (κ1) is 12.7. The predicted molar refractivity (Wildman–Crippen MR) is 64.7 cm³/mol. The Labute approximate surface area is 107 Å². The Morgan fingerprint density at radius 2 is 2.11 bits per heavy atom. The van der Waals surface area contributed by atoms with E-state index in [0.717, 1.165) is 6.07 Å². The van der Waals surface area contributed by atoms with Gasteiger partial charge in [0.15, 0.2) is 5.69 Å². The number of nitrogens with one attached hydrogen (secondary N) is 2. The van der Waals surface area contributed by atoms with Gasteiger partial charge < -0.3 is 10.5 Å². The molecule has 0 saturated carbocycles. The molecule has 18 heavy (non-hydrogen) atoms. The molecule has 2 aromatic rings. The number of benzene rings is 1. The SMILES string of the molecule is [O-][NH+](O)c1ccnc(Nc2ccc(F)cc2Cl)c1. The Morgan fingerprint density at radius 1 is 1.33 bits per heavy atom. The summed E-state index contributed by atoms with van der Waals surface area (Å²) in [6.07, 6.45) is 1.36. The van der Waals surface area contributed by atoms with E-state index >= 15 is 0 Å². The molecule has 3 N–H and O–H groups in total. The third kappa shape index (κ3) is 2.93. The first-order chi connectivity index (χ1) is 8.56. The van der Waals surface area contributed by atoms with Crippen LogP contribution in [-0.2, 0) is 0 Å². The number of halogens is 2. The molecule has 1 unspecified atom stereocenters. The number of aromatic nitrogens is 1. The van der Waals surface area contributed by atoms with Crippen molar-refractivity contribution in [3.8, 4) is 0 Å². The smallest absolute Gasteiger partial charge is 0.169 e. The highest BCUT2D eigenvalue weighted by atomic mass is 35.5. The Morgan fingerprint density at radius 3 is 2.78 bits per heavy atom. The number of hydrogen-bond acceptors (Lipinski definition) is 4. The monoisotopic (exact) mass is 269 g/mol. The molecule has 0 amide bonds. The van der Waals surface area contributed by atoms with Gasteiger partial charge in [-0.2, -0.15) is 5.23 Å². The van der Waals surface area contributed by atoms with Crippen LogP contribution in [0.25, 0.3) is 0 Å². The fraction of sp³-hybridized carbons (Fsp3) is 0. The topological polar surface area (TPSA) is 72.7 Å². The number of quaternary nitrogens is 1. The van der Waals surface area contributed by atoms with Crippen molar-refractivity contribution in [2.24, 2.45) is 0 Å². The fourth-order valence-electron chi connectivity index (χ4n) is 1.36. The van der Waals surface area contributed by atoms with E-state index in [4.69, 9.17) is 16.8 Å². The average Bonchev–Trinajstić information content (AvgIpc) is 2.33. The summed E-state index contributed by atoms with van der Waals surface area (Å²) in [6, 6.07) is 6.59. The number of hydrogen-bond donors (Lipinski definition) is 3. The highest BCUT2D eigenvalue weighted by molar-refractivity contribution is 6.33. The van der Waals surface area contributed by atoms with Crippen LogP contribution in [-0.4, -0.2) is 10.2 Å². The zero-order valence-electron chi connectivity index (χ0n) is 9.02. The maximum atomic E-state index is 12.9. The molecule has 0 saturated heterocycles. The van der Waals surface area contributed by atoms with Crippen molar-refractivity contribution >= 4 is 28.8 Å². The van der Waals surface area contributed by atoms with Gasteiger partial charge in [-0.15, -0.1) is 0 Å². The van der Waals surface area contributed by atoms with E-state index in [1.807, 2.05) is 0 Å². The van der Waals surface area contributed by atoms with E-state index < -0.39 is 11.0 Å². The lowest BCUT2D eigenvalue weighted by molar-refractivity contribution is -0.991. The average molecular weight is 270 g/mol. The van der Waals surface area contributed by atoms with Gasteiger partial charge in [-0.1, -0.05) is 11.6 Å². The van der Waals surface area contributed by atoms with Gasteiger partial charge in [0.05, 0.1) is 10.7 Å². The molecule has 0 fully saturated rings. The van der Waals surface area contributed by atoms with E-state index in [1.165, 1.54) is 30.5 Å². The van der Waals surface area contributed by atoms with Crippen molar-refractivity contribution in [2.75, 3.05) is 5.32 Å². The quantitative estimate of drug-likeness (QED) is 0.746. The van der Waals surface area contributed by atoms with E-state index in [9.17, 15) is 9.60 Å². The summed E-state index contributed by atoms with van der Waals surface area (Å²) in [5, 5.41) is 21.6. The van der Waals surface area contributed by atoms with Crippen molar-refractivity contribution in [3.05, 3.63) is 52.6 Å². The van der Waals surface area contributed by atoms with Gasteiger partial charge >= 0.3 is 0 Å². The second kappa shape index (κ2) is 5.28. The van der Waals surface area contributed by atoms with E-state index in [1.54, 1.807) is 0 Å². The molecule has 0 bridgehead atoms. The Bertz CT molecular complexity index is 566. The fourth-order valence-corrected chi connectivity index (χ4v) is 1.58. The molecule has 1 atom stereocenters. The molecule has 1 aromatic heterocycles. The first-order valence-electron chi connectivity index (χ1n) is 4.97. The first-order valence-corrected chi connectivity index (χ1v) is 5.35. The van der Waals surface area contributed by atoms with Gasteiger partial charge in [0.2, 0.25) is 0 Å². The summed E-state index contributed by atoms with van der Waals surface area (Å²) >= 11 is 5.84. The maximum absolute atomic E-state index is 12.9. The number of anilines is 2. The van der Waals surface area contributed by atoms with Crippen molar-refractivity contribution in [1.29, 1.82) is 0 Å². The van der Waals surface area contributed by atoms with Crippen LogP contribution in [0.1, 0.15) is 0 Å². The number of nitrogens with zero attached hydrogens (tertiary/aromatic N) is 1. The molecule has 0 aliphatic rings. The molecule has 1 heterocycles. The van der Waals surface area contributed by atoms with Gasteiger partial charge in [0.1, 0.15) is 11.6 Å². The van der Waals surface area contributed by atoms with E-state index in [2.05, 4.69) is 10.3 Å². The second-order valence-electron chi connectivity index (χ2n) is 3.48. The molecule has 0 aliphatic carbocycles. The molecule has 1 aromatic carbocycles. The van der Waals surface area contributed by atoms with Crippen LogP contribution in [0.15, 0.2) is 36.5 Å². The van der Waals surface area contributed by atoms with E-state index in [-0.39, 0.29) is 10.7 Å². The third-order valence-corrected chi connectivity index (χ3v) is 2.51. The summed E-state index contributed by atoms with van der Waals surface area (Å²) in [6.45, 7) is 0. The van der Waals surface area contributed by atoms with Gasteiger partial charge in [0.25, 0.3) is 0 Å². The molecule has 94 valence electrons. The zero-order valence-corrected chi connectivity index (χ0v) is 9.78. The van der Waals surface area contributed by atoms with Gasteiger partial charge in [-0.05, 0) is 18.2 Å². The van der Waals surface area contributed by atoms with Crippen molar-refractivity contribution < 1.29 is 14.8 Å². The standard InChI is InChI=1S/C11H9ClFN3O2/c12-9-5-7(13)1-2-10(9)15-11-6-8(16(17)18)3-4-14-11/h1-6,16-17H,(H,14,15). The summed E-state index contributed by atoms with van der Waals surface area (Å²) in [5.41, 5.74) is 0.554.